The maximum Gasteiger partial charge on any atom is 0.127 e. The summed E-state index contributed by atoms with van der Waals surface area (Å²) in [5, 5.41) is 8.59. The van der Waals surface area contributed by atoms with Crippen LogP contribution in [-0.2, 0) is 0 Å². The van der Waals surface area contributed by atoms with Gasteiger partial charge in [-0.1, -0.05) is 30.3 Å². The van der Waals surface area contributed by atoms with Crippen LogP contribution in [0.5, 0.6) is 11.5 Å². The Balaban J connectivity index is 0.00000180. The Morgan fingerprint density at radius 3 is 2.16 bits per heavy atom. The van der Waals surface area contributed by atoms with Gasteiger partial charge in [-0.15, -0.1) is 12.4 Å². The third kappa shape index (κ3) is 4.29. The Morgan fingerprint density at radius 2 is 1.58 bits per heavy atom. The molecule has 0 saturated carbocycles. The van der Waals surface area contributed by atoms with Gasteiger partial charge in [-0.2, -0.15) is 5.26 Å². The molecule has 2 aromatic carbocycles. The molecule has 0 unspecified atom stereocenters. The topological polar surface area (TPSA) is 59.0 Å². The van der Waals surface area contributed by atoms with E-state index in [-0.39, 0.29) is 18.4 Å². The number of hydrogen-bond donors (Lipinski definition) is 1. The average molecular weight is 275 g/mol. The Kier molecular flexibility index (Phi) is 5.87. The van der Waals surface area contributed by atoms with E-state index in [9.17, 15) is 0 Å². The third-order valence-electron chi connectivity index (χ3n) is 2.60. The number of ether oxygens (including phenoxy) is 1. The van der Waals surface area contributed by atoms with Crippen LogP contribution in [0.2, 0.25) is 0 Å². The molecule has 3 nitrogen and oxygen atoms in total. The highest BCUT2D eigenvalue weighted by molar-refractivity contribution is 5.85. The van der Waals surface area contributed by atoms with Gasteiger partial charge in [0, 0.05) is 6.04 Å². The second-order valence-corrected chi connectivity index (χ2v) is 3.95. The monoisotopic (exact) mass is 274 g/mol. The van der Waals surface area contributed by atoms with Crippen LogP contribution < -0.4 is 10.5 Å². The van der Waals surface area contributed by atoms with Crippen molar-refractivity contribution in [2.75, 3.05) is 0 Å². The second kappa shape index (κ2) is 7.42. The predicted molar refractivity (Wildman–Crippen MR) is 77.4 cm³/mol. The first kappa shape index (κ1) is 15.0. The van der Waals surface area contributed by atoms with Gasteiger partial charge in [0.25, 0.3) is 0 Å². The number of halogens is 1. The Morgan fingerprint density at radius 1 is 1.00 bits per heavy atom. The largest absolute Gasteiger partial charge is 0.457 e. The van der Waals surface area contributed by atoms with Gasteiger partial charge in [-0.05, 0) is 29.8 Å². The summed E-state index contributed by atoms with van der Waals surface area (Å²) in [4.78, 5) is 0. The molecule has 0 amide bonds. The van der Waals surface area contributed by atoms with Crippen molar-refractivity contribution in [3.8, 4) is 17.6 Å². The van der Waals surface area contributed by atoms with Gasteiger partial charge in [0.15, 0.2) is 0 Å². The molecule has 0 spiro atoms. The third-order valence-corrected chi connectivity index (χ3v) is 2.60. The summed E-state index contributed by atoms with van der Waals surface area (Å²) >= 11 is 0. The molecule has 4 heteroatoms. The number of nitrogens with zero attached hydrogens (tertiary/aromatic N) is 1. The minimum absolute atomic E-state index is 0. The van der Waals surface area contributed by atoms with E-state index in [2.05, 4.69) is 6.07 Å². The lowest BCUT2D eigenvalue weighted by molar-refractivity contribution is 0.482. The fraction of sp³-hybridized carbons (Fsp3) is 0.133. The maximum absolute atomic E-state index is 8.59. The molecular weight excluding hydrogens is 260 g/mol. The number of para-hydroxylation sites is 1. The Labute approximate surface area is 119 Å². The van der Waals surface area contributed by atoms with Gasteiger partial charge in [0.05, 0.1) is 12.5 Å². The smallest absolute Gasteiger partial charge is 0.127 e. The van der Waals surface area contributed by atoms with Crippen molar-refractivity contribution in [2.24, 2.45) is 5.73 Å². The normalized spacial score (nSPS) is 10.9. The lowest BCUT2D eigenvalue weighted by atomic mass is 10.1. The van der Waals surface area contributed by atoms with E-state index >= 15 is 0 Å². The van der Waals surface area contributed by atoms with Gasteiger partial charge in [0.1, 0.15) is 11.5 Å². The average Bonchev–Trinajstić information content (AvgIpc) is 2.41. The van der Waals surface area contributed by atoms with Gasteiger partial charge >= 0.3 is 0 Å². The molecule has 1 atom stereocenters. The molecule has 0 aliphatic heterocycles. The van der Waals surface area contributed by atoms with E-state index < -0.39 is 0 Å². The van der Waals surface area contributed by atoms with E-state index in [1.54, 1.807) is 0 Å². The van der Waals surface area contributed by atoms with Crippen LogP contribution in [0.25, 0.3) is 0 Å². The SMILES string of the molecule is Cl.N#CC[C@@H](N)c1ccc(Oc2ccccc2)cc1. The van der Waals surface area contributed by atoms with Crippen LogP contribution in [0.4, 0.5) is 0 Å². The molecule has 0 heterocycles. The highest BCUT2D eigenvalue weighted by Crippen LogP contribution is 2.23. The van der Waals surface area contributed by atoms with E-state index in [1.807, 2.05) is 54.6 Å². The number of nitriles is 1. The number of rotatable bonds is 4. The van der Waals surface area contributed by atoms with Crippen LogP contribution in [0, 0.1) is 11.3 Å². The molecule has 0 aliphatic carbocycles. The highest BCUT2D eigenvalue weighted by Gasteiger charge is 2.05. The van der Waals surface area contributed by atoms with Gasteiger partial charge in [0.2, 0.25) is 0 Å². The standard InChI is InChI=1S/C15H14N2O.ClH/c16-11-10-15(17)12-6-8-14(9-7-12)18-13-4-2-1-3-5-13;/h1-9,15H,10,17H2;1H/t15-;/m1./s1. The molecule has 0 radical (unpaired) electrons. The molecule has 2 rings (SSSR count). The van der Waals surface area contributed by atoms with Gasteiger partial charge < -0.3 is 10.5 Å². The van der Waals surface area contributed by atoms with Crippen molar-refractivity contribution in [3.05, 3.63) is 60.2 Å². The van der Waals surface area contributed by atoms with E-state index in [4.69, 9.17) is 15.7 Å². The van der Waals surface area contributed by atoms with Crippen molar-refractivity contribution in [1.29, 1.82) is 5.26 Å². The molecule has 2 N–H and O–H groups in total. The maximum atomic E-state index is 8.59. The zero-order valence-electron chi connectivity index (χ0n) is 10.3. The first-order valence-corrected chi connectivity index (χ1v) is 5.75. The zero-order valence-corrected chi connectivity index (χ0v) is 11.1. The van der Waals surface area contributed by atoms with Crippen molar-refractivity contribution in [3.63, 3.8) is 0 Å². The number of hydrogen-bond acceptors (Lipinski definition) is 3. The molecule has 0 fully saturated rings. The molecule has 0 saturated heterocycles. The van der Waals surface area contributed by atoms with Crippen LogP contribution in [0.15, 0.2) is 54.6 Å². The molecule has 2 aromatic rings. The predicted octanol–water partition coefficient (Wildman–Crippen LogP) is 3.81. The van der Waals surface area contributed by atoms with Crippen molar-refractivity contribution in [1.82, 2.24) is 0 Å². The summed E-state index contributed by atoms with van der Waals surface area (Å²) < 4.78 is 5.67. The van der Waals surface area contributed by atoms with Crippen LogP contribution in [0.3, 0.4) is 0 Å². The number of nitrogens with two attached hydrogens (primary N) is 1. The minimum atomic E-state index is -0.235. The van der Waals surface area contributed by atoms with Crippen molar-refractivity contribution >= 4 is 12.4 Å². The first-order chi connectivity index (χ1) is 8.79. The quantitative estimate of drug-likeness (QED) is 0.922. The lowest BCUT2D eigenvalue weighted by Crippen LogP contribution is -2.08. The second-order valence-electron chi connectivity index (χ2n) is 3.95. The van der Waals surface area contributed by atoms with E-state index in [1.165, 1.54) is 0 Å². The first-order valence-electron chi connectivity index (χ1n) is 5.75. The van der Waals surface area contributed by atoms with E-state index in [0.717, 1.165) is 17.1 Å². The molecule has 0 aromatic heterocycles. The summed E-state index contributed by atoms with van der Waals surface area (Å²) in [7, 11) is 0. The fourth-order valence-corrected chi connectivity index (χ4v) is 1.62. The van der Waals surface area contributed by atoms with Crippen molar-refractivity contribution in [2.45, 2.75) is 12.5 Å². The Bertz CT molecular complexity index is 534. The Hall–Kier alpha value is -2.02. The minimum Gasteiger partial charge on any atom is -0.457 e. The molecule has 0 aliphatic rings. The van der Waals surface area contributed by atoms with Crippen LogP contribution >= 0.6 is 12.4 Å². The fourth-order valence-electron chi connectivity index (χ4n) is 1.62. The summed E-state index contributed by atoms with van der Waals surface area (Å²) in [6.45, 7) is 0. The van der Waals surface area contributed by atoms with Crippen molar-refractivity contribution < 1.29 is 4.74 Å². The summed E-state index contributed by atoms with van der Waals surface area (Å²) in [6, 6.07) is 18.9. The van der Waals surface area contributed by atoms with Gasteiger partial charge in [-0.25, -0.2) is 0 Å². The molecule has 0 bridgehead atoms. The number of benzene rings is 2. The van der Waals surface area contributed by atoms with E-state index in [0.29, 0.717) is 6.42 Å². The zero-order chi connectivity index (χ0) is 12.8. The summed E-state index contributed by atoms with van der Waals surface area (Å²) in [6.07, 6.45) is 0.318. The van der Waals surface area contributed by atoms with Gasteiger partial charge in [-0.3, -0.25) is 0 Å². The van der Waals surface area contributed by atoms with Crippen LogP contribution in [0.1, 0.15) is 18.0 Å². The summed E-state index contributed by atoms with van der Waals surface area (Å²) in [5.41, 5.74) is 6.79. The molecule has 19 heavy (non-hydrogen) atoms. The summed E-state index contributed by atoms with van der Waals surface area (Å²) in [5.74, 6) is 1.56. The molecular formula is C15H15ClN2O. The highest BCUT2D eigenvalue weighted by atomic mass is 35.5. The molecule has 98 valence electrons. The van der Waals surface area contributed by atoms with Crippen LogP contribution in [-0.4, -0.2) is 0 Å². The lowest BCUT2D eigenvalue weighted by Gasteiger charge is -2.09.